The molecule has 1 aromatic rings. The number of rotatable bonds is 3. The van der Waals surface area contributed by atoms with Crippen LogP contribution < -0.4 is 5.73 Å². The molecule has 0 saturated carbocycles. The predicted octanol–water partition coefficient (Wildman–Crippen LogP) is 1.37. The van der Waals surface area contributed by atoms with Gasteiger partial charge in [0, 0.05) is 0 Å². The Bertz CT molecular complexity index is 305. The first-order valence-corrected chi connectivity index (χ1v) is 3.27. The molecule has 0 amide bonds. The number of hydrogen-bond acceptors (Lipinski definition) is 4. The molecule has 0 saturated heterocycles. The molecule has 0 aromatic carbocycles. The third kappa shape index (κ3) is 1.51. The van der Waals surface area contributed by atoms with E-state index >= 15 is 0 Å². The Hall–Kier alpha value is -1.62. The van der Waals surface area contributed by atoms with Crippen LogP contribution in [0.3, 0.4) is 0 Å². The number of nitrogens with zero attached hydrogens (tertiary/aromatic N) is 1. The fourth-order valence-corrected chi connectivity index (χ4v) is 0.736. The maximum absolute atomic E-state index is 10.2. The van der Waals surface area contributed by atoms with Crippen molar-refractivity contribution in [3.05, 3.63) is 40.7 Å². The van der Waals surface area contributed by atoms with Gasteiger partial charge in [-0.1, -0.05) is 6.08 Å². The highest BCUT2D eigenvalue weighted by molar-refractivity contribution is 5.21. The molecule has 12 heavy (non-hydrogen) atoms. The second kappa shape index (κ2) is 3.19. The van der Waals surface area contributed by atoms with E-state index in [2.05, 4.69) is 6.58 Å². The summed E-state index contributed by atoms with van der Waals surface area (Å²) >= 11 is 0. The Kier molecular flexibility index (Phi) is 2.25. The van der Waals surface area contributed by atoms with Gasteiger partial charge in [-0.05, 0) is 6.07 Å². The summed E-state index contributed by atoms with van der Waals surface area (Å²) < 4.78 is 4.80. The van der Waals surface area contributed by atoms with Crippen molar-refractivity contribution in [2.24, 2.45) is 5.73 Å². The highest BCUT2D eigenvalue weighted by Crippen LogP contribution is 2.20. The third-order valence-corrected chi connectivity index (χ3v) is 1.38. The standard InChI is InChI=1S/C7H8N2O3/c1-2-5(8)6-3-4-7(12-6)9(10)11/h2-5H,1,8H2. The summed E-state index contributed by atoms with van der Waals surface area (Å²) in [5.41, 5.74) is 5.47. The van der Waals surface area contributed by atoms with Gasteiger partial charge in [-0.2, -0.15) is 0 Å². The minimum atomic E-state index is -0.612. The first-order chi connectivity index (χ1) is 5.65. The highest BCUT2D eigenvalue weighted by atomic mass is 16.6. The van der Waals surface area contributed by atoms with Gasteiger partial charge in [-0.15, -0.1) is 6.58 Å². The van der Waals surface area contributed by atoms with Crippen molar-refractivity contribution in [2.45, 2.75) is 6.04 Å². The molecule has 64 valence electrons. The summed E-state index contributed by atoms with van der Waals surface area (Å²) in [7, 11) is 0. The summed E-state index contributed by atoms with van der Waals surface area (Å²) in [5.74, 6) is 0.0407. The molecular formula is C7H8N2O3. The molecule has 0 aliphatic carbocycles. The van der Waals surface area contributed by atoms with Crippen molar-refractivity contribution in [1.82, 2.24) is 0 Å². The van der Waals surface area contributed by atoms with Gasteiger partial charge in [0.1, 0.15) is 10.7 Å². The minimum Gasteiger partial charge on any atom is -0.404 e. The second-order valence-corrected chi connectivity index (χ2v) is 2.19. The van der Waals surface area contributed by atoms with Gasteiger partial charge in [0.05, 0.1) is 12.1 Å². The molecule has 5 nitrogen and oxygen atoms in total. The fraction of sp³-hybridized carbons (Fsp3) is 0.143. The van der Waals surface area contributed by atoms with E-state index in [1.54, 1.807) is 0 Å². The van der Waals surface area contributed by atoms with Gasteiger partial charge < -0.3 is 10.2 Å². The van der Waals surface area contributed by atoms with Gasteiger partial charge in [0.15, 0.2) is 0 Å². The molecule has 0 spiro atoms. The van der Waals surface area contributed by atoms with E-state index in [4.69, 9.17) is 10.2 Å². The van der Waals surface area contributed by atoms with E-state index in [9.17, 15) is 10.1 Å². The molecule has 1 heterocycles. The van der Waals surface area contributed by atoms with Crippen molar-refractivity contribution < 1.29 is 9.34 Å². The van der Waals surface area contributed by atoms with Crippen LogP contribution in [0.25, 0.3) is 0 Å². The molecule has 1 atom stereocenters. The van der Waals surface area contributed by atoms with Crippen LogP contribution in [0.4, 0.5) is 5.88 Å². The van der Waals surface area contributed by atoms with Crippen molar-refractivity contribution in [3.63, 3.8) is 0 Å². The van der Waals surface area contributed by atoms with E-state index in [0.717, 1.165) is 0 Å². The summed E-state index contributed by atoms with van der Waals surface area (Å²) in [6, 6.07) is 2.24. The van der Waals surface area contributed by atoms with Crippen molar-refractivity contribution in [3.8, 4) is 0 Å². The van der Waals surface area contributed by atoms with E-state index in [1.807, 2.05) is 0 Å². The molecule has 5 heteroatoms. The van der Waals surface area contributed by atoms with Crippen LogP contribution in [-0.2, 0) is 0 Å². The van der Waals surface area contributed by atoms with Gasteiger partial charge in [-0.3, -0.25) is 10.1 Å². The van der Waals surface area contributed by atoms with E-state index in [-0.39, 0.29) is 5.88 Å². The summed E-state index contributed by atoms with van der Waals surface area (Å²) in [6.45, 7) is 3.44. The first kappa shape index (κ1) is 8.48. The molecule has 1 aromatic heterocycles. The molecular weight excluding hydrogens is 160 g/mol. The van der Waals surface area contributed by atoms with Crippen LogP contribution in [0.1, 0.15) is 11.8 Å². The summed E-state index contributed by atoms with van der Waals surface area (Å²) in [6.07, 6.45) is 1.45. The zero-order valence-corrected chi connectivity index (χ0v) is 6.27. The summed E-state index contributed by atoms with van der Waals surface area (Å²) in [4.78, 5) is 9.56. The number of nitro groups is 1. The topological polar surface area (TPSA) is 82.3 Å². The lowest BCUT2D eigenvalue weighted by molar-refractivity contribution is -0.402. The molecule has 0 bridgehead atoms. The average molecular weight is 168 g/mol. The Morgan fingerprint density at radius 2 is 2.42 bits per heavy atom. The Morgan fingerprint density at radius 3 is 2.83 bits per heavy atom. The van der Waals surface area contributed by atoms with Gasteiger partial charge in [-0.25, -0.2) is 0 Å². The monoisotopic (exact) mass is 168 g/mol. The van der Waals surface area contributed by atoms with Gasteiger partial charge in [0.25, 0.3) is 0 Å². The molecule has 1 rings (SSSR count). The predicted molar refractivity (Wildman–Crippen MR) is 42.5 cm³/mol. The highest BCUT2D eigenvalue weighted by Gasteiger charge is 2.14. The fourth-order valence-electron chi connectivity index (χ4n) is 0.736. The van der Waals surface area contributed by atoms with E-state index < -0.39 is 11.0 Å². The average Bonchev–Trinajstić information content (AvgIpc) is 2.51. The lowest BCUT2D eigenvalue weighted by atomic mass is 10.2. The molecule has 0 fully saturated rings. The SMILES string of the molecule is C=CC(N)c1ccc([N+](=O)[O-])o1. The van der Waals surface area contributed by atoms with Crippen LogP contribution in [0, 0.1) is 10.1 Å². The van der Waals surface area contributed by atoms with Crippen LogP contribution in [-0.4, -0.2) is 4.92 Å². The van der Waals surface area contributed by atoms with Crippen LogP contribution >= 0.6 is 0 Å². The van der Waals surface area contributed by atoms with Crippen LogP contribution in [0.15, 0.2) is 29.2 Å². The quantitative estimate of drug-likeness (QED) is 0.419. The Balaban J connectivity index is 2.91. The van der Waals surface area contributed by atoms with Crippen molar-refractivity contribution in [1.29, 1.82) is 0 Å². The van der Waals surface area contributed by atoms with E-state index in [0.29, 0.717) is 5.76 Å². The zero-order valence-electron chi connectivity index (χ0n) is 6.27. The lowest BCUT2D eigenvalue weighted by Gasteiger charge is -1.97. The van der Waals surface area contributed by atoms with Crippen molar-refractivity contribution >= 4 is 5.88 Å². The summed E-state index contributed by atoms with van der Waals surface area (Å²) in [5, 5.41) is 10.2. The number of nitrogens with two attached hydrogens (primary N) is 1. The largest absolute Gasteiger partial charge is 0.433 e. The molecule has 0 aliphatic heterocycles. The minimum absolute atomic E-state index is 0.303. The molecule has 2 N–H and O–H groups in total. The van der Waals surface area contributed by atoms with Gasteiger partial charge >= 0.3 is 5.88 Å². The second-order valence-electron chi connectivity index (χ2n) is 2.19. The Morgan fingerprint density at radius 1 is 1.75 bits per heavy atom. The van der Waals surface area contributed by atoms with Crippen molar-refractivity contribution in [2.75, 3.05) is 0 Å². The van der Waals surface area contributed by atoms with Crippen LogP contribution in [0.5, 0.6) is 0 Å². The Labute approximate surface area is 68.6 Å². The number of hydrogen-bond donors (Lipinski definition) is 1. The van der Waals surface area contributed by atoms with E-state index in [1.165, 1.54) is 18.2 Å². The third-order valence-electron chi connectivity index (χ3n) is 1.38. The smallest absolute Gasteiger partial charge is 0.404 e. The molecule has 0 radical (unpaired) electrons. The zero-order chi connectivity index (χ0) is 9.14. The lowest BCUT2D eigenvalue weighted by Crippen LogP contribution is -2.04. The number of furan rings is 1. The molecule has 0 aliphatic rings. The maximum atomic E-state index is 10.2. The van der Waals surface area contributed by atoms with Crippen LogP contribution in [0.2, 0.25) is 0 Å². The molecule has 1 unspecified atom stereocenters. The van der Waals surface area contributed by atoms with Gasteiger partial charge in [0.2, 0.25) is 0 Å². The maximum Gasteiger partial charge on any atom is 0.433 e. The normalized spacial score (nSPS) is 12.4. The first-order valence-electron chi connectivity index (χ1n) is 3.27.